The lowest BCUT2D eigenvalue weighted by Gasteiger charge is -2.30. The summed E-state index contributed by atoms with van der Waals surface area (Å²) in [6, 6.07) is 13.0. The highest BCUT2D eigenvalue weighted by atomic mass is 32.1. The number of nitrogens with one attached hydrogen (secondary N) is 1. The van der Waals surface area contributed by atoms with Crippen molar-refractivity contribution < 1.29 is 9.53 Å². The molecule has 1 saturated heterocycles. The van der Waals surface area contributed by atoms with Gasteiger partial charge < -0.3 is 10.1 Å². The average molecular weight is 326 g/mol. The number of nitrogens with zero attached hydrogens (tertiary/aromatic N) is 1. The molecule has 2 aromatic rings. The average Bonchev–Trinajstić information content (AvgIpc) is 3.14. The van der Waals surface area contributed by atoms with Crippen molar-refractivity contribution in [3.05, 3.63) is 57.8 Å². The van der Waals surface area contributed by atoms with E-state index in [9.17, 15) is 4.79 Å². The number of carbonyl (C=O) groups is 1. The van der Waals surface area contributed by atoms with E-state index < -0.39 is 0 Å². The van der Waals surface area contributed by atoms with Crippen LogP contribution >= 0.6 is 11.3 Å². The van der Waals surface area contributed by atoms with Crippen LogP contribution in [0.2, 0.25) is 0 Å². The second-order valence-corrected chi connectivity index (χ2v) is 6.59. The number of hydrogen-bond acceptors (Lipinski definition) is 4. The molecule has 0 bridgehead atoms. The number of carbonyl (C=O) groups excluding carboxylic acids is 1. The standard InChI is InChI=1S/C18H18N2O2S/c19-12-13-3-1-4-15(11-13)18(21)20-17(16-5-2-10-23-16)14-6-8-22-9-7-14/h1-5,10-11,14,17H,6-9H2,(H,20,21). The van der Waals surface area contributed by atoms with E-state index in [1.807, 2.05) is 11.4 Å². The molecule has 1 atom stereocenters. The van der Waals surface area contributed by atoms with Crippen LogP contribution in [0.5, 0.6) is 0 Å². The van der Waals surface area contributed by atoms with Gasteiger partial charge in [0, 0.05) is 23.7 Å². The van der Waals surface area contributed by atoms with Crippen molar-refractivity contribution in [1.29, 1.82) is 5.26 Å². The van der Waals surface area contributed by atoms with Gasteiger partial charge in [-0.05, 0) is 48.4 Å². The predicted octanol–water partition coefficient (Wildman–Crippen LogP) is 3.52. The minimum Gasteiger partial charge on any atom is -0.381 e. The van der Waals surface area contributed by atoms with E-state index in [2.05, 4.69) is 17.5 Å². The molecule has 0 saturated carbocycles. The van der Waals surface area contributed by atoms with Crippen LogP contribution in [0.1, 0.15) is 39.7 Å². The summed E-state index contributed by atoms with van der Waals surface area (Å²) < 4.78 is 5.44. The Kier molecular flexibility index (Phi) is 5.06. The molecule has 2 heterocycles. The number of thiophene rings is 1. The molecular formula is C18H18N2O2S. The van der Waals surface area contributed by atoms with E-state index in [1.165, 1.54) is 4.88 Å². The highest BCUT2D eigenvalue weighted by Gasteiger charge is 2.28. The fourth-order valence-corrected chi connectivity index (χ4v) is 3.76. The maximum absolute atomic E-state index is 12.6. The van der Waals surface area contributed by atoms with Gasteiger partial charge in [-0.2, -0.15) is 5.26 Å². The largest absolute Gasteiger partial charge is 0.381 e. The quantitative estimate of drug-likeness (QED) is 0.935. The molecule has 4 nitrogen and oxygen atoms in total. The lowest BCUT2D eigenvalue weighted by molar-refractivity contribution is 0.0518. The van der Waals surface area contributed by atoms with E-state index in [1.54, 1.807) is 35.6 Å². The van der Waals surface area contributed by atoms with Gasteiger partial charge in [-0.3, -0.25) is 4.79 Å². The first-order valence-electron chi connectivity index (χ1n) is 7.70. The fraction of sp³-hybridized carbons (Fsp3) is 0.333. The second-order valence-electron chi connectivity index (χ2n) is 5.61. The van der Waals surface area contributed by atoms with Gasteiger partial charge in [0.1, 0.15) is 0 Å². The summed E-state index contributed by atoms with van der Waals surface area (Å²) in [5, 5.41) is 14.2. The minimum atomic E-state index is -0.132. The molecule has 5 heteroatoms. The van der Waals surface area contributed by atoms with E-state index in [-0.39, 0.29) is 11.9 Å². The Balaban J connectivity index is 1.80. The van der Waals surface area contributed by atoms with E-state index in [0.717, 1.165) is 26.1 Å². The Labute approximate surface area is 139 Å². The number of benzene rings is 1. The number of amides is 1. The summed E-state index contributed by atoms with van der Waals surface area (Å²) in [4.78, 5) is 13.8. The lowest BCUT2D eigenvalue weighted by Crippen LogP contribution is -2.35. The highest BCUT2D eigenvalue weighted by molar-refractivity contribution is 7.10. The number of hydrogen-bond donors (Lipinski definition) is 1. The van der Waals surface area contributed by atoms with Crippen molar-refractivity contribution in [3.63, 3.8) is 0 Å². The van der Waals surface area contributed by atoms with Crippen molar-refractivity contribution >= 4 is 17.2 Å². The zero-order valence-electron chi connectivity index (χ0n) is 12.7. The summed E-state index contributed by atoms with van der Waals surface area (Å²) in [5.41, 5.74) is 1.02. The first-order valence-corrected chi connectivity index (χ1v) is 8.58. The molecule has 3 rings (SSSR count). The Bertz CT molecular complexity index is 700. The van der Waals surface area contributed by atoms with Crippen LogP contribution in [0.4, 0.5) is 0 Å². The second kappa shape index (κ2) is 7.40. The van der Waals surface area contributed by atoms with Crippen molar-refractivity contribution in [2.45, 2.75) is 18.9 Å². The third kappa shape index (κ3) is 3.79. The summed E-state index contributed by atoms with van der Waals surface area (Å²) >= 11 is 1.66. The zero-order valence-corrected chi connectivity index (χ0v) is 13.5. The van der Waals surface area contributed by atoms with Crippen LogP contribution < -0.4 is 5.32 Å². The Morgan fingerprint density at radius 1 is 1.30 bits per heavy atom. The van der Waals surface area contributed by atoms with Crippen LogP contribution in [0.25, 0.3) is 0 Å². The summed E-state index contributed by atoms with van der Waals surface area (Å²) in [6.07, 6.45) is 1.89. The van der Waals surface area contributed by atoms with Crippen LogP contribution in [0.3, 0.4) is 0 Å². The number of rotatable bonds is 4. The molecule has 1 aliphatic heterocycles. The molecular weight excluding hydrogens is 308 g/mol. The Morgan fingerprint density at radius 3 is 2.83 bits per heavy atom. The van der Waals surface area contributed by atoms with Crippen molar-refractivity contribution in [3.8, 4) is 6.07 Å². The summed E-state index contributed by atoms with van der Waals surface area (Å²) in [7, 11) is 0. The van der Waals surface area contributed by atoms with E-state index in [4.69, 9.17) is 10.00 Å². The summed E-state index contributed by atoms with van der Waals surface area (Å²) in [6.45, 7) is 1.48. The normalized spacial score (nSPS) is 16.5. The molecule has 0 radical (unpaired) electrons. The fourth-order valence-electron chi connectivity index (χ4n) is 2.89. The van der Waals surface area contributed by atoms with Crippen molar-refractivity contribution in [1.82, 2.24) is 5.32 Å². The maximum atomic E-state index is 12.6. The van der Waals surface area contributed by atoms with Gasteiger partial charge >= 0.3 is 0 Å². The zero-order chi connectivity index (χ0) is 16.1. The molecule has 0 spiro atoms. The lowest BCUT2D eigenvalue weighted by atomic mass is 9.90. The molecule has 1 N–H and O–H groups in total. The van der Waals surface area contributed by atoms with Gasteiger partial charge in [0.25, 0.3) is 5.91 Å². The summed E-state index contributed by atoms with van der Waals surface area (Å²) in [5.74, 6) is 0.248. The maximum Gasteiger partial charge on any atom is 0.251 e. The van der Waals surface area contributed by atoms with Crippen molar-refractivity contribution in [2.75, 3.05) is 13.2 Å². The SMILES string of the molecule is N#Cc1cccc(C(=O)NC(c2cccs2)C2CCOCC2)c1. The molecule has 1 amide bonds. The monoisotopic (exact) mass is 326 g/mol. The van der Waals surface area contributed by atoms with E-state index in [0.29, 0.717) is 17.0 Å². The highest BCUT2D eigenvalue weighted by Crippen LogP contribution is 2.32. The van der Waals surface area contributed by atoms with Crippen LogP contribution in [0.15, 0.2) is 41.8 Å². The molecule has 118 valence electrons. The van der Waals surface area contributed by atoms with Crippen LogP contribution in [-0.4, -0.2) is 19.1 Å². The molecule has 1 aliphatic rings. The molecule has 1 fully saturated rings. The van der Waals surface area contributed by atoms with Gasteiger partial charge in [0.2, 0.25) is 0 Å². The molecule has 1 aromatic carbocycles. The van der Waals surface area contributed by atoms with Gasteiger partial charge in [-0.15, -0.1) is 11.3 Å². The number of ether oxygens (including phenoxy) is 1. The topological polar surface area (TPSA) is 62.1 Å². The van der Waals surface area contributed by atoms with Crippen LogP contribution in [-0.2, 0) is 4.74 Å². The molecule has 23 heavy (non-hydrogen) atoms. The van der Waals surface area contributed by atoms with Gasteiger partial charge in [0.05, 0.1) is 17.7 Å². The first-order chi connectivity index (χ1) is 11.3. The van der Waals surface area contributed by atoms with Crippen molar-refractivity contribution in [2.24, 2.45) is 5.92 Å². The van der Waals surface area contributed by atoms with Gasteiger partial charge in [-0.1, -0.05) is 12.1 Å². The minimum absolute atomic E-state index is 0.00265. The molecule has 1 aromatic heterocycles. The Hall–Kier alpha value is -2.16. The van der Waals surface area contributed by atoms with Gasteiger partial charge in [-0.25, -0.2) is 0 Å². The molecule has 0 aliphatic carbocycles. The number of nitriles is 1. The van der Waals surface area contributed by atoms with Gasteiger partial charge in [0.15, 0.2) is 0 Å². The van der Waals surface area contributed by atoms with E-state index >= 15 is 0 Å². The van der Waals surface area contributed by atoms with Crippen LogP contribution in [0, 0.1) is 17.2 Å². The third-order valence-corrected chi connectivity index (χ3v) is 5.08. The smallest absolute Gasteiger partial charge is 0.251 e. The Morgan fingerprint density at radius 2 is 2.13 bits per heavy atom. The molecule has 1 unspecified atom stereocenters. The first kappa shape index (κ1) is 15.7. The predicted molar refractivity (Wildman–Crippen MR) is 89.2 cm³/mol. The third-order valence-electron chi connectivity index (χ3n) is 4.13.